The molecule has 0 fully saturated rings. The van der Waals surface area contributed by atoms with Crippen molar-refractivity contribution < 1.29 is 9.53 Å². The lowest BCUT2D eigenvalue weighted by Crippen LogP contribution is -2.22. The lowest BCUT2D eigenvalue weighted by molar-refractivity contribution is 0.203. The molecule has 0 saturated carbocycles. The molecule has 1 aromatic rings. The van der Waals surface area contributed by atoms with E-state index in [2.05, 4.69) is 10.2 Å². The predicted octanol–water partition coefficient (Wildman–Crippen LogP) is 2.57. The standard InChI is InChI=1S/C11H12N2O2/c1-7-5-9(15-11(14)13-4)6-8(2)10(7)12-3/h5-6H,1-2,4H3,(H,13,14). The van der Waals surface area contributed by atoms with Crippen LogP contribution in [0.15, 0.2) is 12.1 Å². The zero-order valence-corrected chi connectivity index (χ0v) is 8.92. The normalized spacial score (nSPS) is 9.20. The lowest BCUT2D eigenvalue weighted by Gasteiger charge is -2.07. The molecule has 1 rings (SSSR count). The Kier molecular flexibility index (Phi) is 3.29. The van der Waals surface area contributed by atoms with Crippen molar-refractivity contribution in [3.63, 3.8) is 0 Å². The summed E-state index contributed by atoms with van der Waals surface area (Å²) in [6.07, 6.45) is -0.510. The molecule has 78 valence electrons. The summed E-state index contributed by atoms with van der Waals surface area (Å²) < 4.78 is 4.97. The molecule has 4 heteroatoms. The van der Waals surface area contributed by atoms with Crippen LogP contribution in [0.4, 0.5) is 10.5 Å². The molecular weight excluding hydrogens is 192 g/mol. The summed E-state index contributed by atoms with van der Waals surface area (Å²) in [4.78, 5) is 14.4. The molecule has 0 unspecified atom stereocenters. The SMILES string of the molecule is [C-]#[N+]c1c(C)cc(OC(=O)NC)cc1C. The first-order chi connectivity index (χ1) is 7.08. The third kappa shape index (κ3) is 2.47. The second kappa shape index (κ2) is 4.47. The molecule has 1 N–H and O–H groups in total. The smallest absolute Gasteiger partial charge is 0.410 e. The minimum absolute atomic E-state index is 0.455. The van der Waals surface area contributed by atoms with Gasteiger partial charge in [-0.1, -0.05) is 0 Å². The molecule has 0 atom stereocenters. The van der Waals surface area contributed by atoms with Gasteiger partial charge in [0.2, 0.25) is 0 Å². The topological polar surface area (TPSA) is 42.7 Å². The van der Waals surface area contributed by atoms with Crippen LogP contribution in [0.3, 0.4) is 0 Å². The number of aryl methyl sites for hydroxylation is 2. The van der Waals surface area contributed by atoms with Crippen molar-refractivity contribution in [2.45, 2.75) is 13.8 Å². The van der Waals surface area contributed by atoms with E-state index in [1.54, 1.807) is 12.1 Å². The average molecular weight is 204 g/mol. The third-order valence-corrected chi connectivity index (χ3v) is 1.99. The van der Waals surface area contributed by atoms with Gasteiger partial charge in [0.05, 0.1) is 6.57 Å². The number of rotatable bonds is 1. The van der Waals surface area contributed by atoms with Gasteiger partial charge >= 0.3 is 6.09 Å². The van der Waals surface area contributed by atoms with Crippen molar-refractivity contribution in [3.05, 3.63) is 34.7 Å². The van der Waals surface area contributed by atoms with Crippen molar-refractivity contribution in [2.24, 2.45) is 0 Å². The molecule has 0 aliphatic carbocycles. The van der Waals surface area contributed by atoms with Gasteiger partial charge in [-0.15, -0.1) is 0 Å². The molecule has 0 saturated heterocycles. The minimum Gasteiger partial charge on any atom is -0.410 e. The van der Waals surface area contributed by atoms with Crippen LogP contribution in [0, 0.1) is 20.4 Å². The number of hydrogen-bond acceptors (Lipinski definition) is 2. The van der Waals surface area contributed by atoms with Gasteiger partial charge in [0.1, 0.15) is 5.75 Å². The maximum Gasteiger partial charge on any atom is 0.412 e. The second-order valence-corrected chi connectivity index (χ2v) is 3.16. The Morgan fingerprint density at radius 2 is 1.93 bits per heavy atom. The van der Waals surface area contributed by atoms with E-state index >= 15 is 0 Å². The van der Waals surface area contributed by atoms with Gasteiger partial charge in [-0.05, 0) is 37.1 Å². The fourth-order valence-corrected chi connectivity index (χ4v) is 1.31. The molecule has 0 radical (unpaired) electrons. The van der Waals surface area contributed by atoms with Crippen LogP contribution < -0.4 is 10.1 Å². The highest BCUT2D eigenvalue weighted by molar-refractivity contribution is 5.71. The molecule has 0 aromatic heterocycles. The molecule has 0 bridgehead atoms. The molecule has 0 aliphatic heterocycles. The van der Waals surface area contributed by atoms with Gasteiger partial charge < -0.3 is 10.1 Å². The third-order valence-electron chi connectivity index (χ3n) is 1.99. The van der Waals surface area contributed by atoms with Crippen LogP contribution in [0.2, 0.25) is 0 Å². The second-order valence-electron chi connectivity index (χ2n) is 3.16. The zero-order valence-electron chi connectivity index (χ0n) is 8.92. The number of benzene rings is 1. The van der Waals surface area contributed by atoms with E-state index in [9.17, 15) is 4.79 Å². The van der Waals surface area contributed by atoms with Gasteiger partial charge in [0.15, 0.2) is 5.69 Å². The quantitative estimate of drug-likeness (QED) is 0.714. The lowest BCUT2D eigenvalue weighted by atomic mass is 10.1. The number of carbonyl (C=O) groups excluding carboxylic acids is 1. The summed E-state index contributed by atoms with van der Waals surface area (Å²) in [6, 6.07) is 3.35. The van der Waals surface area contributed by atoms with E-state index in [-0.39, 0.29) is 0 Å². The number of hydrogen-bond donors (Lipinski definition) is 1. The Morgan fingerprint density at radius 1 is 1.40 bits per heavy atom. The van der Waals surface area contributed by atoms with E-state index in [0.29, 0.717) is 11.4 Å². The molecule has 0 aliphatic rings. The Balaban J connectivity index is 3.05. The summed E-state index contributed by atoms with van der Waals surface area (Å²) in [5.74, 6) is 0.455. The molecule has 0 heterocycles. The van der Waals surface area contributed by atoms with Crippen LogP contribution in [-0.4, -0.2) is 13.1 Å². The number of amides is 1. The van der Waals surface area contributed by atoms with Gasteiger partial charge in [-0.2, -0.15) is 0 Å². The first-order valence-corrected chi connectivity index (χ1v) is 4.46. The minimum atomic E-state index is -0.510. The first-order valence-electron chi connectivity index (χ1n) is 4.46. The molecule has 1 aromatic carbocycles. The maximum absolute atomic E-state index is 11.0. The predicted molar refractivity (Wildman–Crippen MR) is 57.3 cm³/mol. The Morgan fingerprint density at radius 3 is 2.33 bits per heavy atom. The molecular formula is C11H12N2O2. The number of nitrogens with one attached hydrogen (secondary N) is 1. The van der Waals surface area contributed by atoms with Gasteiger partial charge in [-0.25, -0.2) is 9.64 Å². The van der Waals surface area contributed by atoms with E-state index in [1.165, 1.54) is 7.05 Å². The van der Waals surface area contributed by atoms with Gasteiger partial charge in [0.25, 0.3) is 0 Å². The summed E-state index contributed by atoms with van der Waals surface area (Å²) in [7, 11) is 1.50. The molecule has 4 nitrogen and oxygen atoms in total. The van der Waals surface area contributed by atoms with Crippen LogP contribution in [0.25, 0.3) is 4.85 Å². The first kappa shape index (κ1) is 11.1. The maximum atomic E-state index is 11.0. The zero-order chi connectivity index (χ0) is 11.4. The number of carbonyl (C=O) groups is 1. The van der Waals surface area contributed by atoms with Crippen molar-refractivity contribution in [3.8, 4) is 5.75 Å². The Labute approximate surface area is 88.7 Å². The summed E-state index contributed by atoms with van der Waals surface area (Å²) >= 11 is 0. The van der Waals surface area contributed by atoms with Crippen molar-refractivity contribution in [2.75, 3.05) is 7.05 Å². The number of ether oxygens (including phenoxy) is 1. The largest absolute Gasteiger partial charge is 0.412 e. The van der Waals surface area contributed by atoms with Crippen LogP contribution in [-0.2, 0) is 0 Å². The summed E-state index contributed by atoms with van der Waals surface area (Å²) in [5, 5.41) is 2.36. The summed E-state index contributed by atoms with van der Waals surface area (Å²) in [5.41, 5.74) is 2.23. The summed E-state index contributed by atoms with van der Waals surface area (Å²) in [6.45, 7) is 10.6. The number of nitrogens with zero attached hydrogens (tertiary/aromatic N) is 1. The van der Waals surface area contributed by atoms with E-state index in [0.717, 1.165) is 11.1 Å². The highest BCUT2D eigenvalue weighted by atomic mass is 16.5. The van der Waals surface area contributed by atoms with Crippen molar-refractivity contribution in [1.82, 2.24) is 5.32 Å². The van der Waals surface area contributed by atoms with Crippen LogP contribution >= 0.6 is 0 Å². The fraction of sp³-hybridized carbons (Fsp3) is 0.273. The highest BCUT2D eigenvalue weighted by Crippen LogP contribution is 2.28. The Hall–Kier alpha value is -2.02. The van der Waals surface area contributed by atoms with E-state index in [4.69, 9.17) is 11.3 Å². The van der Waals surface area contributed by atoms with Crippen LogP contribution in [0.1, 0.15) is 11.1 Å². The monoisotopic (exact) mass is 204 g/mol. The molecule has 0 spiro atoms. The van der Waals surface area contributed by atoms with Gasteiger partial charge in [-0.3, -0.25) is 0 Å². The van der Waals surface area contributed by atoms with Gasteiger partial charge in [0, 0.05) is 7.05 Å². The van der Waals surface area contributed by atoms with Crippen molar-refractivity contribution in [1.29, 1.82) is 0 Å². The fourth-order valence-electron chi connectivity index (χ4n) is 1.31. The molecule has 1 amide bonds. The van der Waals surface area contributed by atoms with E-state index in [1.807, 2.05) is 13.8 Å². The average Bonchev–Trinajstić information content (AvgIpc) is 2.17. The molecule has 15 heavy (non-hydrogen) atoms. The van der Waals surface area contributed by atoms with Crippen molar-refractivity contribution >= 4 is 11.8 Å². The van der Waals surface area contributed by atoms with Crippen LogP contribution in [0.5, 0.6) is 5.75 Å². The van der Waals surface area contributed by atoms with E-state index < -0.39 is 6.09 Å². The highest BCUT2D eigenvalue weighted by Gasteiger charge is 2.07. The Bertz CT molecular complexity index is 410.